The van der Waals surface area contributed by atoms with Crippen molar-refractivity contribution in [2.45, 2.75) is 41.0 Å². The lowest BCUT2D eigenvalue weighted by molar-refractivity contribution is 1.08. The molecule has 0 amide bonds. The summed E-state index contributed by atoms with van der Waals surface area (Å²) in [5.41, 5.74) is 7.34. The molecule has 102 valence electrons. The number of nitrogens with zero attached hydrogens (tertiary/aromatic N) is 2. The molecule has 0 aliphatic heterocycles. The van der Waals surface area contributed by atoms with Gasteiger partial charge >= 0.3 is 0 Å². The lowest BCUT2D eigenvalue weighted by Gasteiger charge is -2.09. The lowest BCUT2D eigenvalue weighted by Crippen LogP contribution is -1.95. The van der Waals surface area contributed by atoms with Gasteiger partial charge in [0.2, 0.25) is 0 Å². The smallest absolute Gasteiger partial charge is 0.0664 e. The summed E-state index contributed by atoms with van der Waals surface area (Å²) in [4.78, 5) is 8.63. The van der Waals surface area contributed by atoms with E-state index in [1.54, 1.807) is 0 Å². The average Bonchev–Trinajstić information content (AvgIpc) is 2.40. The van der Waals surface area contributed by atoms with Gasteiger partial charge in [-0.15, -0.1) is 0 Å². The van der Waals surface area contributed by atoms with Crippen LogP contribution in [0, 0.1) is 13.8 Å². The Morgan fingerprint density at radius 3 is 2.58 bits per heavy atom. The summed E-state index contributed by atoms with van der Waals surface area (Å²) in [5.74, 6) is 0. The molecular formula is C17H24N2. The highest BCUT2D eigenvalue weighted by Crippen LogP contribution is 2.20. The zero-order valence-corrected chi connectivity index (χ0v) is 12.9. The van der Waals surface area contributed by atoms with Gasteiger partial charge in [0.1, 0.15) is 0 Å². The first-order chi connectivity index (χ1) is 9.01. The van der Waals surface area contributed by atoms with Crippen LogP contribution in [0.1, 0.15) is 44.0 Å². The van der Waals surface area contributed by atoms with Crippen molar-refractivity contribution < 1.29 is 0 Å². The molecule has 0 aromatic carbocycles. The number of aryl methyl sites for hydroxylation is 1. The standard InChI is InChI=1S/C17H24N2/c1-7-12(2)16(11-18-6)14(4)10-17-15(5)13(3)8-9-19-17/h8-11H,7H2,1-6H3/b14-10+,16-12-,18-11?. The molecule has 0 bridgehead atoms. The van der Waals surface area contributed by atoms with Gasteiger partial charge in [0.25, 0.3) is 0 Å². The Kier molecular flexibility index (Phi) is 5.68. The molecule has 1 aromatic rings. The van der Waals surface area contributed by atoms with Gasteiger partial charge in [-0.05, 0) is 68.5 Å². The van der Waals surface area contributed by atoms with E-state index in [0.29, 0.717) is 0 Å². The monoisotopic (exact) mass is 256 g/mol. The van der Waals surface area contributed by atoms with Crippen molar-refractivity contribution in [2.75, 3.05) is 7.05 Å². The molecule has 0 saturated carbocycles. The van der Waals surface area contributed by atoms with Gasteiger partial charge in [-0.2, -0.15) is 0 Å². The molecule has 0 fully saturated rings. The number of allylic oxidation sites excluding steroid dienone is 3. The largest absolute Gasteiger partial charge is 0.296 e. The summed E-state index contributed by atoms with van der Waals surface area (Å²) < 4.78 is 0. The van der Waals surface area contributed by atoms with E-state index >= 15 is 0 Å². The second-order valence-electron chi connectivity index (χ2n) is 4.90. The molecule has 1 aromatic heterocycles. The lowest BCUT2D eigenvalue weighted by atomic mass is 9.99. The maximum absolute atomic E-state index is 4.46. The van der Waals surface area contributed by atoms with E-state index in [1.165, 1.54) is 27.8 Å². The molecule has 0 aliphatic carbocycles. The van der Waals surface area contributed by atoms with E-state index in [0.717, 1.165) is 12.1 Å². The first-order valence-corrected chi connectivity index (χ1v) is 6.74. The molecular weight excluding hydrogens is 232 g/mol. The average molecular weight is 256 g/mol. The number of hydrogen-bond acceptors (Lipinski definition) is 2. The Balaban J connectivity index is 3.27. The highest BCUT2D eigenvalue weighted by molar-refractivity contribution is 5.87. The Morgan fingerprint density at radius 2 is 2.00 bits per heavy atom. The van der Waals surface area contributed by atoms with Crippen molar-refractivity contribution in [2.24, 2.45) is 4.99 Å². The van der Waals surface area contributed by atoms with Crippen LogP contribution in [0.15, 0.2) is 34.0 Å². The third-order valence-corrected chi connectivity index (χ3v) is 3.54. The summed E-state index contributed by atoms with van der Waals surface area (Å²) in [7, 11) is 1.81. The van der Waals surface area contributed by atoms with Crippen LogP contribution in [0.2, 0.25) is 0 Å². The number of aliphatic imine (C=N–C) groups is 1. The molecule has 0 radical (unpaired) electrons. The minimum atomic E-state index is 1.03. The van der Waals surface area contributed by atoms with Gasteiger partial charge in [-0.1, -0.05) is 12.5 Å². The van der Waals surface area contributed by atoms with Crippen LogP contribution in [-0.4, -0.2) is 18.2 Å². The first kappa shape index (κ1) is 15.4. The number of aromatic nitrogens is 1. The topological polar surface area (TPSA) is 25.2 Å². The maximum atomic E-state index is 4.46. The van der Waals surface area contributed by atoms with Gasteiger partial charge in [0.05, 0.1) is 5.69 Å². The van der Waals surface area contributed by atoms with Crippen molar-refractivity contribution in [1.29, 1.82) is 0 Å². The van der Waals surface area contributed by atoms with Crippen molar-refractivity contribution in [3.8, 4) is 0 Å². The molecule has 2 nitrogen and oxygen atoms in total. The number of rotatable bonds is 4. The summed E-state index contributed by atoms with van der Waals surface area (Å²) in [6.45, 7) is 10.7. The molecule has 0 spiro atoms. The van der Waals surface area contributed by atoms with E-state index in [9.17, 15) is 0 Å². The van der Waals surface area contributed by atoms with Crippen LogP contribution in [0.3, 0.4) is 0 Å². The summed E-state index contributed by atoms with van der Waals surface area (Å²) in [6.07, 6.45) is 6.99. The van der Waals surface area contributed by atoms with Gasteiger partial charge in [-0.25, -0.2) is 0 Å². The molecule has 0 saturated heterocycles. The fraction of sp³-hybridized carbons (Fsp3) is 0.412. The van der Waals surface area contributed by atoms with Gasteiger partial charge in [-0.3, -0.25) is 9.98 Å². The Hall–Kier alpha value is -1.70. The minimum Gasteiger partial charge on any atom is -0.296 e. The zero-order valence-electron chi connectivity index (χ0n) is 12.9. The maximum Gasteiger partial charge on any atom is 0.0664 e. The molecule has 0 aliphatic rings. The molecule has 2 heteroatoms. The number of hydrogen-bond donors (Lipinski definition) is 0. The van der Waals surface area contributed by atoms with Crippen molar-refractivity contribution in [3.63, 3.8) is 0 Å². The van der Waals surface area contributed by atoms with Crippen LogP contribution >= 0.6 is 0 Å². The molecule has 19 heavy (non-hydrogen) atoms. The third kappa shape index (κ3) is 3.88. The van der Waals surface area contributed by atoms with Crippen LogP contribution in [0.5, 0.6) is 0 Å². The van der Waals surface area contributed by atoms with Gasteiger partial charge in [0.15, 0.2) is 0 Å². The molecule has 0 N–H and O–H groups in total. The quantitative estimate of drug-likeness (QED) is 0.574. The predicted molar refractivity (Wildman–Crippen MR) is 84.8 cm³/mol. The Bertz CT molecular complexity index is 534. The second-order valence-corrected chi connectivity index (χ2v) is 4.90. The van der Waals surface area contributed by atoms with Gasteiger partial charge in [0, 0.05) is 19.5 Å². The summed E-state index contributed by atoms with van der Waals surface area (Å²) >= 11 is 0. The van der Waals surface area contributed by atoms with E-state index in [2.05, 4.69) is 50.7 Å². The highest BCUT2D eigenvalue weighted by atomic mass is 14.7. The normalized spacial score (nSPS) is 13.9. The third-order valence-electron chi connectivity index (χ3n) is 3.54. The Labute approximate surface area is 117 Å². The van der Waals surface area contributed by atoms with Crippen molar-refractivity contribution >= 4 is 12.3 Å². The zero-order chi connectivity index (χ0) is 14.4. The Morgan fingerprint density at radius 1 is 1.32 bits per heavy atom. The fourth-order valence-corrected chi connectivity index (χ4v) is 1.95. The van der Waals surface area contributed by atoms with E-state index in [1.807, 2.05) is 25.5 Å². The van der Waals surface area contributed by atoms with Crippen molar-refractivity contribution in [3.05, 3.63) is 45.8 Å². The van der Waals surface area contributed by atoms with Crippen LogP contribution in [0.25, 0.3) is 6.08 Å². The highest BCUT2D eigenvalue weighted by Gasteiger charge is 2.04. The van der Waals surface area contributed by atoms with Crippen LogP contribution < -0.4 is 0 Å². The van der Waals surface area contributed by atoms with E-state index < -0.39 is 0 Å². The molecule has 0 unspecified atom stereocenters. The predicted octanol–water partition coefficient (Wildman–Crippen LogP) is 4.53. The molecule has 1 rings (SSSR count). The fourth-order valence-electron chi connectivity index (χ4n) is 1.95. The molecule has 1 heterocycles. The first-order valence-electron chi connectivity index (χ1n) is 6.74. The minimum absolute atomic E-state index is 1.03. The van der Waals surface area contributed by atoms with Crippen LogP contribution in [0.4, 0.5) is 0 Å². The molecule has 0 atom stereocenters. The van der Waals surface area contributed by atoms with E-state index in [-0.39, 0.29) is 0 Å². The summed E-state index contributed by atoms with van der Waals surface area (Å²) in [5, 5.41) is 0. The summed E-state index contributed by atoms with van der Waals surface area (Å²) in [6, 6.07) is 2.05. The number of pyridine rings is 1. The van der Waals surface area contributed by atoms with Crippen molar-refractivity contribution in [1.82, 2.24) is 4.98 Å². The van der Waals surface area contributed by atoms with E-state index in [4.69, 9.17) is 0 Å². The SMILES string of the molecule is CC/C(C)=C(C=NC)\C(C)=C\c1nccc(C)c1C. The second kappa shape index (κ2) is 7.03. The van der Waals surface area contributed by atoms with Gasteiger partial charge < -0.3 is 0 Å². The van der Waals surface area contributed by atoms with Crippen LogP contribution in [-0.2, 0) is 0 Å².